The van der Waals surface area contributed by atoms with Crippen LogP contribution in [0.25, 0.3) is 0 Å². The number of sulfone groups is 1. The predicted molar refractivity (Wildman–Crippen MR) is 51.4 cm³/mol. The molecule has 2 N–H and O–H groups in total. The number of anilines is 1. The molecule has 1 heterocycles. The zero-order valence-electron chi connectivity index (χ0n) is 6.57. The maximum atomic E-state index is 11.2. The lowest BCUT2D eigenvalue weighted by Gasteiger charge is -1.96. The van der Waals surface area contributed by atoms with Gasteiger partial charge in [0.2, 0.25) is 0 Å². The summed E-state index contributed by atoms with van der Waals surface area (Å²) in [5.74, 6) is 0.104. The van der Waals surface area contributed by atoms with E-state index in [0.29, 0.717) is 4.21 Å². The summed E-state index contributed by atoms with van der Waals surface area (Å²) in [5, 5.41) is 0. The number of nitrogen functional groups attached to an aromatic ring is 1. The number of hydrogen-bond acceptors (Lipinski definition) is 6. The highest BCUT2D eigenvalue weighted by molar-refractivity contribution is 8.01. The highest BCUT2D eigenvalue weighted by Gasteiger charge is 2.20. The van der Waals surface area contributed by atoms with Gasteiger partial charge in [0.25, 0.3) is 0 Å². The van der Waals surface area contributed by atoms with E-state index in [1.165, 1.54) is 11.8 Å². The fourth-order valence-corrected chi connectivity index (χ4v) is 3.97. The Bertz CT molecular complexity index is 381. The van der Waals surface area contributed by atoms with Crippen LogP contribution in [0.3, 0.4) is 0 Å². The molecule has 0 unspecified atom stereocenters. The van der Waals surface area contributed by atoms with Crippen LogP contribution in [0, 0.1) is 0 Å². The molecule has 0 aliphatic carbocycles. The van der Waals surface area contributed by atoms with E-state index < -0.39 is 9.84 Å². The first kappa shape index (κ1) is 9.82. The quantitative estimate of drug-likeness (QED) is 0.754. The Labute approximate surface area is 79.3 Å². The molecule has 12 heavy (non-hydrogen) atoms. The van der Waals surface area contributed by atoms with Crippen molar-refractivity contribution in [1.29, 1.82) is 0 Å². The standard InChI is InChI=1S/C5H8N2O2S3/c1-10-5-3(12(2,8)9)4(6)7-11-5/h1-2H3,(H2,6,7). The fourth-order valence-electron chi connectivity index (χ4n) is 0.749. The van der Waals surface area contributed by atoms with E-state index in [0.717, 1.165) is 17.8 Å². The van der Waals surface area contributed by atoms with Crippen molar-refractivity contribution in [1.82, 2.24) is 4.37 Å². The summed E-state index contributed by atoms with van der Waals surface area (Å²) >= 11 is 2.45. The van der Waals surface area contributed by atoms with Crippen molar-refractivity contribution in [3.05, 3.63) is 0 Å². The van der Waals surface area contributed by atoms with Crippen LogP contribution < -0.4 is 5.73 Å². The average molecular weight is 224 g/mol. The molecule has 7 heteroatoms. The van der Waals surface area contributed by atoms with Crippen LogP contribution in [0.4, 0.5) is 5.82 Å². The smallest absolute Gasteiger partial charge is 0.181 e. The van der Waals surface area contributed by atoms with Gasteiger partial charge in [-0.2, -0.15) is 4.37 Å². The maximum Gasteiger partial charge on any atom is 0.181 e. The molecule has 1 aromatic rings. The van der Waals surface area contributed by atoms with Gasteiger partial charge in [-0.3, -0.25) is 0 Å². The van der Waals surface area contributed by atoms with Gasteiger partial charge in [-0.25, -0.2) is 8.42 Å². The molecule has 0 saturated heterocycles. The van der Waals surface area contributed by atoms with E-state index in [1.54, 1.807) is 6.26 Å². The Hall–Kier alpha value is -0.270. The lowest BCUT2D eigenvalue weighted by atomic mass is 10.7. The Morgan fingerprint density at radius 2 is 2.17 bits per heavy atom. The van der Waals surface area contributed by atoms with Crippen LogP contribution in [0.15, 0.2) is 9.10 Å². The first-order chi connectivity index (χ1) is 5.46. The molecule has 0 atom stereocenters. The minimum Gasteiger partial charge on any atom is -0.382 e. The highest BCUT2D eigenvalue weighted by Crippen LogP contribution is 2.32. The first-order valence-corrected chi connectivity index (χ1v) is 6.85. The number of rotatable bonds is 2. The maximum absolute atomic E-state index is 11.2. The lowest BCUT2D eigenvalue weighted by Crippen LogP contribution is -2.01. The van der Waals surface area contributed by atoms with Crippen molar-refractivity contribution in [2.24, 2.45) is 0 Å². The summed E-state index contributed by atoms with van der Waals surface area (Å²) in [6, 6.07) is 0. The molecular formula is C5H8N2O2S3. The van der Waals surface area contributed by atoms with Crippen LogP contribution in [-0.2, 0) is 9.84 Å². The lowest BCUT2D eigenvalue weighted by molar-refractivity contribution is 0.601. The van der Waals surface area contributed by atoms with Crippen LogP contribution in [-0.4, -0.2) is 25.3 Å². The van der Waals surface area contributed by atoms with Crippen molar-refractivity contribution in [2.75, 3.05) is 18.2 Å². The van der Waals surface area contributed by atoms with E-state index in [1.807, 2.05) is 0 Å². The number of thioether (sulfide) groups is 1. The molecule has 1 aromatic heterocycles. The van der Waals surface area contributed by atoms with Crippen LogP contribution in [0.1, 0.15) is 0 Å². The van der Waals surface area contributed by atoms with E-state index in [-0.39, 0.29) is 10.7 Å². The zero-order chi connectivity index (χ0) is 9.35. The SMILES string of the molecule is CSc1snc(N)c1S(C)(=O)=O. The normalized spacial score (nSPS) is 11.8. The van der Waals surface area contributed by atoms with Crippen molar-refractivity contribution in [3.63, 3.8) is 0 Å². The number of nitrogens with two attached hydrogens (primary N) is 1. The Morgan fingerprint density at radius 1 is 1.58 bits per heavy atom. The van der Waals surface area contributed by atoms with Gasteiger partial charge in [0.05, 0.1) is 0 Å². The largest absolute Gasteiger partial charge is 0.382 e. The van der Waals surface area contributed by atoms with Gasteiger partial charge in [0, 0.05) is 6.26 Å². The van der Waals surface area contributed by atoms with Crippen molar-refractivity contribution >= 4 is 38.9 Å². The van der Waals surface area contributed by atoms with E-state index >= 15 is 0 Å². The molecule has 0 saturated carbocycles. The molecular weight excluding hydrogens is 216 g/mol. The molecule has 0 aromatic carbocycles. The van der Waals surface area contributed by atoms with Crippen molar-refractivity contribution in [3.8, 4) is 0 Å². The second-order valence-corrected chi connectivity index (χ2v) is 5.96. The van der Waals surface area contributed by atoms with Crippen LogP contribution in [0.2, 0.25) is 0 Å². The topological polar surface area (TPSA) is 73.0 Å². The molecule has 0 amide bonds. The van der Waals surface area contributed by atoms with Crippen molar-refractivity contribution < 1.29 is 8.42 Å². The molecule has 0 spiro atoms. The first-order valence-electron chi connectivity index (χ1n) is 2.96. The van der Waals surface area contributed by atoms with Gasteiger partial charge in [-0.05, 0) is 17.8 Å². The molecule has 4 nitrogen and oxygen atoms in total. The van der Waals surface area contributed by atoms with Gasteiger partial charge < -0.3 is 5.73 Å². The summed E-state index contributed by atoms with van der Waals surface area (Å²) in [4.78, 5) is 0.167. The summed E-state index contributed by atoms with van der Waals surface area (Å²) in [7, 11) is -3.23. The third-order valence-electron chi connectivity index (χ3n) is 1.20. The Balaban J connectivity index is 3.39. The molecule has 1 rings (SSSR count). The summed E-state index contributed by atoms with van der Waals surface area (Å²) in [6.07, 6.45) is 2.93. The van der Waals surface area contributed by atoms with Crippen LogP contribution in [0.5, 0.6) is 0 Å². The molecule has 0 fully saturated rings. The van der Waals surface area contributed by atoms with Crippen LogP contribution >= 0.6 is 23.3 Å². The van der Waals surface area contributed by atoms with Gasteiger partial charge in [-0.1, -0.05) is 0 Å². The van der Waals surface area contributed by atoms with Gasteiger partial charge in [0.15, 0.2) is 15.7 Å². The Kier molecular flexibility index (Phi) is 2.64. The van der Waals surface area contributed by atoms with Gasteiger partial charge in [-0.15, -0.1) is 11.8 Å². The minimum atomic E-state index is -3.23. The summed E-state index contributed by atoms with van der Waals surface area (Å²) in [5.41, 5.74) is 5.41. The molecule has 0 radical (unpaired) electrons. The summed E-state index contributed by atoms with van der Waals surface area (Å²) in [6.45, 7) is 0. The molecule has 0 aliphatic heterocycles. The number of hydrogen-bond donors (Lipinski definition) is 1. The van der Waals surface area contributed by atoms with Crippen molar-refractivity contribution in [2.45, 2.75) is 9.10 Å². The summed E-state index contributed by atoms with van der Waals surface area (Å²) < 4.78 is 26.8. The third-order valence-corrected chi connectivity index (χ3v) is 4.57. The highest BCUT2D eigenvalue weighted by atomic mass is 32.2. The molecule has 68 valence electrons. The van der Waals surface area contributed by atoms with E-state index in [9.17, 15) is 8.42 Å². The number of nitrogens with zero attached hydrogens (tertiary/aromatic N) is 1. The second-order valence-electron chi connectivity index (χ2n) is 2.16. The third kappa shape index (κ3) is 1.73. The monoisotopic (exact) mass is 224 g/mol. The fraction of sp³-hybridized carbons (Fsp3) is 0.400. The van der Waals surface area contributed by atoms with E-state index in [4.69, 9.17) is 5.73 Å². The second kappa shape index (κ2) is 3.23. The van der Waals surface area contributed by atoms with Gasteiger partial charge in [0.1, 0.15) is 9.10 Å². The van der Waals surface area contributed by atoms with E-state index in [2.05, 4.69) is 4.37 Å². The predicted octanol–water partition coefficient (Wildman–Crippen LogP) is 0.851. The molecule has 0 aliphatic rings. The average Bonchev–Trinajstić information content (AvgIpc) is 2.29. The minimum absolute atomic E-state index is 0.104. The molecule has 0 bridgehead atoms. The van der Waals surface area contributed by atoms with Gasteiger partial charge >= 0.3 is 0 Å². The number of aromatic nitrogens is 1. The zero-order valence-corrected chi connectivity index (χ0v) is 9.02. The Morgan fingerprint density at radius 3 is 2.50 bits per heavy atom.